The summed E-state index contributed by atoms with van der Waals surface area (Å²) < 4.78 is 0. The van der Waals surface area contributed by atoms with Crippen LogP contribution in [0.3, 0.4) is 0 Å². The highest BCUT2D eigenvalue weighted by molar-refractivity contribution is 7.20. The number of aromatic nitrogens is 1. The number of thiophene rings is 1. The van der Waals surface area contributed by atoms with Gasteiger partial charge in [0.15, 0.2) is 0 Å². The summed E-state index contributed by atoms with van der Waals surface area (Å²) in [5.74, 6) is 0.0557. The van der Waals surface area contributed by atoms with Crippen LogP contribution in [0, 0.1) is 6.92 Å². The van der Waals surface area contributed by atoms with E-state index >= 15 is 0 Å². The second kappa shape index (κ2) is 5.93. The van der Waals surface area contributed by atoms with Crippen LogP contribution in [0.25, 0.3) is 21.1 Å². The Morgan fingerprint density at radius 3 is 2.78 bits per heavy atom. The number of hydrogen-bond acceptors (Lipinski definition) is 3. The molecule has 3 aromatic rings. The minimum Gasteiger partial charge on any atom is -0.349 e. The molecule has 1 aromatic carbocycles. The smallest absolute Gasteiger partial charge is 0.261 e. The molecule has 2 aromatic heterocycles. The number of aryl methyl sites for hydroxylation is 1. The van der Waals surface area contributed by atoms with Crippen LogP contribution < -0.4 is 5.32 Å². The molecule has 2 heterocycles. The van der Waals surface area contributed by atoms with Crippen LogP contribution in [0.2, 0.25) is 0 Å². The normalized spacial score (nSPS) is 16.0. The number of nitrogens with zero attached hydrogens (tertiary/aromatic N) is 1. The highest BCUT2D eigenvalue weighted by Gasteiger charge is 2.18. The van der Waals surface area contributed by atoms with Gasteiger partial charge in [0, 0.05) is 16.8 Å². The van der Waals surface area contributed by atoms with Gasteiger partial charge in [0.1, 0.15) is 4.83 Å². The number of nitrogens with one attached hydrogen (secondary N) is 1. The molecular formula is C19H20N2OS. The van der Waals surface area contributed by atoms with E-state index in [2.05, 4.69) is 36.5 Å². The Morgan fingerprint density at radius 1 is 1.13 bits per heavy atom. The number of benzene rings is 1. The number of amides is 1. The molecule has 4 rings (SSSR count). The van der Waals surface area contributed by atoms with Gasteiger partial charge in [-0.05, 0) is 43.5 Å². The van der Waals surface area contributed by atoms with E-state index < -0.39 is 0 Å². The molecule has 118 valence electrons. The first-order valence-corrected chi connectivity index (χ1v) is 9.12. The van der Waals surface area contributed by atoms with Crippen molar-refractivity contribution in [3.63, 3.8) is 0 Å². The third-order valence-corrected chi connectivity index (χ3v) is 5.67. The lowest BCUT2D eigenvalue weighted by Gasteiger charge is -2.22. The maximum atomic E-state index is 12.5. The first kappa shape index (κ1) is 14.6. The fourth-order valence-electron chi connectivity index (χ4n) is 3.35. The first-order valence-electron chi connectivity index (χ1n) is 8.31. The number of fused-ring (bicyclic) bond motifs is 2. The molecule has 0 radical (unpaired) electrons. The summed E-state index contributed by atoms with van der Waals surface area (Å²) in [5, 5.41) is 5.37. The standard InChI is InChI=1S/C19H20N2OS/c1-12-7-8-13-10-14-11-17(23-19(14)21-16(13)9-12)18(22)20-15-5-3-2-4-6-15/h7-11,15H,2-6H2,1H3,(H,20,22). The molecule has 1 saturated carbocycles. The van der Waals surface area contributed by atoms with Crippen molar-refractivity contribution in [3.8, 4) is 0 Å². The van der Waals surface area contributed by atoms with Crippen LogP contribution in [0.15, 0.2) is 30.3 Å². The van der Waals surface area contributed by atoms with Gasteiger partial charge >= 0.3 is 0 Å². The number of hydrogen-bond donors (Lipinski definition) is 1. The van der Waals surface area contributed by atoms with E-state index in [-0.39, 0.29) is 5.91 Å². The van der Waals surface area contributed by atoms with Crippen LogP contribution >= 0.6 is 11.3 Å². The minimum absolute atomic E-state index is 0.0557. The fraction of sp³-hybridized carbons (Fsp3) is 0.368. The molecule has 1 N–H and O–H groups in total. The first-order chi connectivity index (χ1) is 11.2. The number of carbonyl (C=O) groups is 1. The predicted octanol–water partition coefficient (Wildman–Crippen LogP) is 4.82. The Labute approximate surface area is 139 Å². The van der Waals surface area contributed by atoms with Crippen molar-refractivity contribution < 1.29 is 4.79 Å². The molecule has 1 aliphatic rings. The summed E-state index contributed by atoms with van der Waals surface area (Å²) in [5.41, 5.74) is 2.20. The van der Waals surface area contributed by atoms with E-state index in [1.807, 2.05) is 6.07 Å². The monoisotopic (exact) mass is 324 g/mol. The lowest BCUT2D eigenvalue weighted by molar-refractivity contribution is 0.0932. The zero-order valence-corrected chi connectivity index (χ0v) is 14.1. The molecule has 0 saturated heterocycles. The Kier molecular flexibility index (Phi) is 3.77. The van der Waals surface area contributed by atoms with Crippen molar-refractivity contribution >= 4 is 38.4 Å². The van der Waals surface area contributed by atoms with Gasteiger partial charge in [-0.3, -0.25) is 4.79 Å². The molecule has 0 unspecified atom stereocenters. The van der Waals surface area contributed by atoms with Gasteiger partial charge in [-0.15, -0.1) is 11.3 Å². The lowest BCUT2D eigenvalue weighted by atomic mass is 9.95. The Balaban J connectivity index is 1.64. The van der Waals surface area contributed by atoms with Crippen molar-refractivity contribution in [1.29, 1.82) is 0 Å². The second-order valence-corrected chi connectivity index (χ2v) is 7.53. The largest absolute Gasteiger partial charge is 0.349 e. The summed E-state index contributed by atoms with van der Waals surface area (Å²) in [6.07, 6.45) is 5.97. The molecule has 1 aliphatic carbocycles. The maximum absolute atomic E-state index is 12.5. The quantitative estimate of drug-likeness (QED) is 0.734. The molecule has 1 fully saturated rings. The van der Waals surface area contributed by atoms with E-state index in [9.17, 15) is 4.79 Å². The molecule has 0 aliphatic heterocycles. The van der Waals surface area contributed by atoms with Gasteiger partial charge in [0.05, 0.1) is 10.4 Å². The van der Waals surface area contributed by atoms with Crippen LogP contribution in [-0.4, -0.2) is 16.9 Å². The third kappa shape index (κ3) is 2.95. The van der Waals surface area contributed by atoms with Crippen molar-refractivity contribution in [2.24, 2.45) is 0 Å². The van der Waals surface area contributed by atoms with Crippen molar-refractivity contribution in [1.82, 2.24) is 10.3 Å². The topological polar surface area (TPSA) is 42.0 Å². The zero-order chi connectivity index (χ0) is 15.8. The highest BCUT2D eigenvalue weighted by atomic mass is 32.1. The average Bonchev–Trinajstić information content (AvgIpc) is 2.96. The predicted molar refractivity (Wildman–Crippen MR) is 96.2 cm³/mol. The van der Waals surface area contributed by atoms with E-state index in [0.29, 0.717) is 6.04 Å². The fourth-order valence-corrected chi connectivity index (χ4v) is 4.28. The molecule has 0 spiro atoms. The van der Waals surface area contributed by atoms with Crippen LogP contribution in [0.1, 0.15) is 47.3 Å². The highest BCUT2D eigenvalue weighted by Crippen LogP contribution is 2.28. The van der Waals surface area contributed by atoms with Gasteiger partial charge < -0.3 is 5.32 Å². The molecular weight excluding hydrogens is 304 g/mol. The summed E-state index contributed by atoms with van der Waals surface area (Å²) in [6, 6.07) is 10.7. The Morgan fingerprint density at radius 2 is 1.96 bits per heavy atom. The van der Waals surface area contributed by atoms with Crippen molar-refractivity contribution in [2.45, 2.75) is 45.1 Å². The van der Waals surface area contributed by atoms with Crippen molar-refractivity contribution in [3.05, 3.63) is 40.8 Å². The van der Waals surface area contributed by atoms with Crippen LogP contribution in [-0.2, 0) is 0 Å². The third-order valence-electron chi connectivity index (χ3n) is 4.62. The van der Waals surface area contributed by atoms with Crippen LogP contribution in [0.4, 0.5) is 0 Å². The summed E-state index contributed by atoms with van der Waals surface area (Å²) in [4.78, 5) is 18.9. The van der Waals surface area contributed by atoms with Crippen molar-refractivity contribution in [2.75, 3.05) is 0 Å². The SMILES string of the molecule is Cc1ccc2cc3cc(C(=O)NC4CCCCC4)sc3nc2c1. The van der Waals surface area contributed by atoms with E-state index in [1.54, 1.807) is 0 Å². The van der Waals surface area contributed by atoms with Gasteiger partial charge in [0.25, 0.3) is 5.91 Å². The van der Waals surface area contributed by atoms with Gasteiger partial charge in [-0.2, -0.15) is 0 Å². The van der Waals surface area contributed by atoms with E-state index in [4.69, 9.17) is 4.98 Å². The molecule has 23 heavy (non-hydrogen) atoms. The van der Waals surface area contributed by atoms with E-state index in [1.165, 1.54) is 36.2 Å². The lowest BCUT2D eigenvalue weighted by Crippen LogP contribution is -2.35. The summed E-state index contributed by atoms with van der Waals surface area (Å²) in [6.45, 7) is 2.07. The summed E-state index contributed by atoms with van der Waals surface area (Å²) in [7, 11) is 0. The number of pyridine rings is 1. The second-order valence-electron chi connectivity index (χ2n) is 6.50. The number of rotatable bonds is 2. The molecule has 3 nitrogen and oxygen atoms in total. The van der Waals surface area contributed by atoms with Gasteiger partial charge in [-0.1, -0.05) is 31.4 Å². The Bertz CT molecular complexity index is 878. The van der Waals surface area contributed by atoms with E-state index in [0.717, 1.165) is 38.8 Å². The average molecular weight is 324 g/mol. The molecule has 1 amide bonds. The zero-order valence-electron chi connectivity index (χ0n) is 13.3. The minimum atomic E-state index is 0.0557. The van der Waals surface area contributed by atoms with Crippen LogP contribution in [0.5, 0.6) is 0 Å². The molecule has 0 bridgehead atoms. The number of carbonyl (C=O) groups excluding carboxylic acids is 1. The summed E-state index contributed by atoms with van der Waals surface area (Å²) >= 11 is 1.49. The van der Waals surface area contributed by atoms with Gasteiger partial charge in [0.2, 0.25) is 0 Å². The molecule has 0 atom stereocenters. The maximum Gasteiger partial charge on any atom is 0.261 e. The van der Waals surface area contributed by atoms with Gasteiger partial charge in [-0.25, -0.2) is 4.98 Å². The Hall–Kier alpha value is -1.94. The molecule has 4 heteroatoms.